The van der Waals surface area contributed by atoms with Crippen LogP contribution in [0, 0.1) is 0 Å². The lowest BCUT2D eigenvalue weighted by Crippen LogP contribution is -2.38. The molecule has 3 rings (SSSR count). The van der Waals surface area contributed by atoms with Crippen molar-refractivity contribution in [3.8, 4) is 0 Å². The van der Waals surface area contributed by atoms with Gasteiger partial charge in [0.25, 0.3) is 0 Å². The molecule has 1 fully saturated rings. The Balaban J connectivity index is 1.74. The summed E-state index contributed by atoms with van der Waals surface area (Å²) in [5.41, 5.74) is 9.10. The maximum Gasteiger partial charge on any atom is 0.249 e. The molecular formula is C15H20N2O2. The number of hydrogen-bond acceptors (Lipinski definition) is 3. The molecule has 1 heterocycles. The first-order valence-electron chi connectivity index (χ1n) is 7.04. The van der Waals surface area contributed by atoms with Gasteiger partial charge in [-0.3, -0.25) is 4.79 Å². The van der Waals surface area contributed by atoms with E-state index in [2.05, 4.69) is 5.32 Å². The van der Waals surface area contributed by atoms with E-state index >= 15 is 0 Å². The summed E-state index contributed by atoms with van der Waals surface area (Å²) in [4.78, 5) is 12.1. The SMILES string of the molecule is Nc1ccc2c(c1)CCCC2NC(=O)[C@@H]1CCCO1. The predicted octanol–water partition coefficient (Wildman–Crippen LogP) is 1.94. The number of carbonyl (C=O) groups excluding carboxylic acids is 1. The number of nitrogens with one attached hydrogen (secondary N) is 1. The number of aryl methyl sites for hydroxylation is 1. The van der Waals surface area contributed by atoms with E-state index in [1.165, 1.54) is 11.1 Å². The number of ether oxygens (including phenoxy) is 1. The number of carbonyl (C=O) groups is 1. The van der Waals surface area contributed by atoms with Crippen molar-refractivity contribution in [3.05, 3.63) is 29.3 Å². The van der Waals surface area contributed by atoms with E-state index in [1.807, 2.05) is 18.2 Å². The van der Waals surface area contributed by atoms with Crippen molar-refractivity contribution in [1.82, 2.24) is 5.32 Å². The molecule has 2 atom stereocenters. The van der Waals surface area contributed by atoms with Crippen LogP contribution in [0.15, 0.2) is 18.2 Å². The summed E-state index contributed by atoms with van der Waals surface area (Å²) in [6.45, 7) is 0.704. The molecular weight excluding hydrogens is 240 g/mol. The molecule has 4 nitrogen and oxygen atoms in total. The minimum atomic E-state index is -0.251. The Kier molecular flexibility index (Phi) is 3.42. The maximum atomic E-state index is 12.1. The summed E-state index contributed by atoms with van der Waals surface area (Å²) in [6, 6.07) is 6.10. The van der Waals surface area contributed by atoms with Gasteiger partial charge in [0.15, 0.2) is 0 Å². The lowest BCUT2D eigenvalue weighted by Gasteiger charge is -2.27. The number of nitrogen functional groups attached to an aromatic ring is 1. The second-order valence-corrected chi connectivity index (χ2v) is 5.41. The minimum absolute atomic E-state index is 0.0344. The summed E-state index contributed by atoms with van der Waals surface area (Å²) in [5.74, 6) is 0.0344. The zero-order valence-corrected chi connectivity index (χ0v) is 11.0. The van der Waals surface area contributed by atoms with Crippen LogP contribution in [0.4, 0.5) is 5.69 Å². The molecule has 0 saturated carbocycles. The zero-order valence-electron chi connectivity index (χ0n) is 11.0. The van der Waals surface area contributed by atoms with Gasteiger partial charge >= 0.3 is 0 Å². The second-order valence-electron chi connectivity index (χ2n) is 5.41. The number of hydrogen-bond donors (Lipinski definition) is 2. The largest absolute Gasteiger partial charge is 0.399 e. The van der Waals surface area contributed by atoms with E-state index in [9.17, 15) is 4.79 Å². The molecule has 0 aromatic heterocycles. The van der Waals surface area contributed by atoms with Gasteiger partial charge in [-0.05, 0) is 55.4 Å². The van der Waals surface area contributed by atoms with Crippen LogP contribution in [-0.2, 0) is 16.0 Å². The van der Waals surface area contributed by atoms with Gasteiger partial charge in [0, 0.05) is 12.3 Å². The first-order chi connectivity index (χ1) is 9.24. The third-order valence-electron chi connectivity index (χ3n) is 4.02. The van der Waals surface area contributed by atoms with E-state index < -0.39 is 0 Å². The Morgan fingerprint density at radius 2 is 2.21 bits per heavy atom. The Labute approximate surface area is 113 Å². The molecule has 1 aliphatic heterocycles. The number of fused-ring (bicyclic) bond motifs is 1. The third-order valence-corrected chi connectivity index (χ3v) is 4.02. The molecule has 1 unspecified atom stereocenters. The van der Waals surface area contributed by atoms with Crippen molar-refractivity contribution < 1.29 is 9.53 Å². The maximum absolute atomic E-state index is 12.1. The molecule has 3 N–H and O–H groups in total. The number of nitrogens with two attached hydrogens (primary N) is 1. The fourth-order valence-corrected chi connectivity index (χ4v) is 3.03. The summed E-state index contributed by atoms with van der Waals surface area (Å²) in [6.07, 6.45) is 4.71. The Hall–Kier alpha value is -1.55. The van der Waals surface area contributed by atoms with Gasteiger partial charge in [-0.15, -0.1) is 0 Å². The number of amides is 1. The topological polar surface area (TPSA) is 64.3 Å². The Morgan fingerprint density at radius 1 is 1.32 bits per heavy atom. The molecule has 1 aromatic rings. The smallest absolute Gasteiger partial charge is 0.249 e. The normalized spacial score (nSPS) is 25.9. The van der Waals surface area contributed by atoms with Crippen LogP contribution in [0.25, 0.3) is 0 Å². The minimum Gasteiger partial charge on any atom is -0.399 e. The van der Waals surface area contributed by atoms with Gasteiger partial charge in [0.05, 0.1) is 6.04 Å². The van der Waals surface area contributed by atoms with E-state index in [1.54, 1.807) is 0 Å². The highest BCUT2D eigenvalue weighted by Gasteiger charge is 2.28. The molecule has 1 aliphatic carbocycles. The van der Waals surface area contributed by atoms with Crippen molar-refractivity contribution in [2.75, 3.05) is 12.3 Å². The molecule has 4 heteroatoms. The number of benzene rings is 1. The van der Waals surface area contributed by atoms with Crippen LogP contribution in [0.2, 0.25) is 0 Å². The van der Waals surface area contributed by atoms with E-state index in [-0.39, 0.29) is 18.1 Å². The summed E-state index contributed by atoms with van der Waals surface area (Å²) in [5, 5.41) is 3.13. The molecule has 1 amide bonds. The first kappa shape index (κ1) is 12.5. The van der Waals surface area contributed by atoms with Crippen molar-refractivity contribution in [3.63, 3.8) is 0 Å². The van der Waals surface area contributed by atoms with Gasteiger partial charge in [0.1, 0.15) is 6.10 Å². The number of rotatable bonds is 2. The van der Waals surface area contributed by atoms with Gasteiger partial charge in [-0.1, -0.05) is 6.07 Å². The van der Waals surface area contributed by atoms with Crippen LogP contribution >= 0.6 is 0 Å². The standard InChI is InChI=1S/C15H20N2O2/c16-11-6-7-12-10(9-11)3-1-4-13(12)17-15(18)14-5-2-8-19-14/h6-7,9,13-14H,1-5,8,16H2,(H,17,18)/t13?,14-/m0/s1. The Bertz CT molecular complexity index is 481. The second kappa shape index (κ2) is 5.21. The zero-order chi connectivity index (χ0) is 13.2. The summed E-state index contributed by atoms with van der Waals surface area (Å²) < 4.78 is 5.43. The van der Waals surface area contributed by atoms with Gasteiger partial charge in [-0.2, -0.15) is 0 Å². The highest BCUT2D eigenvalue weighted by Crippen LogP contribution is 2.31. The molecule has 19 heavy (non-hydrogen) atoms. The molecule has 2 aliphatic rings. The fourth-order valence-electron chi connectivity index (χ4n) is 3.03. The monoisotopic (exact) mass is 260 g/mol. The molecule has 0 bridgehead atoms. The average Bonchev–Trinajstić information content (AvgIpc) is 2.92. The fraction of sp³-hybridized carbons (Fsp3) is 0.533. The lowest BCUT2D eigenvalue weighted by molar-refractivity contribution is -0.130. The highest BCUT2D eigenvalue weighted by molar-refractivity contribution is 5.81. The van der Waals surface area contributed by atoms with Crippen LogP contribution < -0.4 is 11.1 Å². The van der Waals surface area contributed by atoms with E-state index in [0.717, 1.165) is 37.8 Å². The summed E-state index contributed by atoms with van der Waals surface area (Å²) >= 11 is 0. The van der Waals surface area contributed by atoms with E-state index in [0.29, 0.717) is 6.61 Å². The molecule has 1 saturated heterocycles. The summed E-state index contributed by atoms with van der Waals surface area (Å²) in [7, 11) is 0. The quantitative estimate of drug-likeness (QED) is 0.799. The van der Waals surface area contributed by atoms with Gasteiger partial charge in [-0.25, -0.2) is 0 Å². The van der Waals surface area contributed by atoms with Crippen LogP contribution in [-0.4, -0.2) is 18.6 Å². The van der Waals surface area contributed by atoms with Crippen LogP contribution in [0.5, 0.6) is 0 Å². The van der Waals surface area contributed by atoms with Crippen LogP contribution in [0.1, 0.15) is 42.9 Å². The molecule has 0 spiro atoms. The first-order valence-corrected chi connectivity index (χ1v) is 7.04. The van der Waals surface area contributed by atoms with Crippen molar-refractivity contribution in [2.24, 2.45) is 0 Å². The molecule has 0 radical (unpaired) electrons. The lowest BCUT2D eigenvalue weighted by atomic mass is 9.87. The van der Waals surface area contributed by atoms with Gasteiger partial charge < -0.3 is 15.8 Å². The van der Waals surface area contributed by atoms with Crippen LogP contribution in [0.3, 0.4) is 0 Å². The van der Waals surface area contributed by atoms with Gasteiger partial charge in [0.2, 0.25) is 5.91 Å². The predicted molar refractivity (Wildman–Crippen MR) is 73.7 cm³/mol. The van der Waals surface area contributed by atoms with Crippen molar-refractivity contribution >= 4 is 11.6 Å². The van der Waals surface area contributed by atoms with Crippen molar-refractivity contribution in [1.29, 1.82) is 0 Å². The Morgan fingerprint density at radius 3 is 3.00 bits per heavy atom. The average molecular weight is 260 g/mol. The number of anilines is 1. The van der Waals surface area contributed by atoms with Crippen molar-refractivity contribution in [2.45, 2.75) is 44.2 Å². The molecule has 102 valence electrons. The highest BCUT2D eigenvalue weighted by atomic mass is 16.5. The third kappa shape index (κ3) is 2.59. The molecule has 1 aromatic carbocycles. The van der Waals surface area contributed by atoms with E-state index in [4.69, 9.17) is 10.5 Å².